The van der Waals surface area contributed by atoms with Crippen LogP contribution < -0.4 is 10.2 Å². The fourth-order valence-electron chi connectivity index (χ4n) is 2.67. The average molecular weight is 396 g/mol. The van der Waals surface area contributed by atoms with Crippen LogP contribution in [0.25, 0.3) is 0 Å². The van der Waals surface area contributed by atoms with E-state index in [1.165, 1.54) is 0 Å². The number of amides is 1. The quantitative estimate of drug-likeness (QED) is 0.848. The summed E-state index contributed by atoms with van der Waals surface area (Å²) in [7, 11) is 0. The number of nitrogens with zero attached hydrogens (tertiary/aromatic N) is 4. The van der Waals surface area contributed by atoms with Crippen molar-refractivity contribution in [3.8, 4) is 0 Å². The molecule has 0 bridgehead atoms. The molecule has 1 fully saturated rings. The van der Waals surface area contributed by atoms with Gasteiger partial charge in [-0.05, 0) is 31.2 Å². The van der Waals surface area contributed by atoms with Crippen molar-refractivity contribution in [3.05, 3.63) is 40.5 Å². The molecule has 9 heteroatoms. The molecule has 26 heavy (non-hydrogen) atoms. The minimum absolute atomic E-state index is 0.268. The van der Waals surface area contributed by atoms with Crippen LogP contribution in [0.5, 0.6) is 0 Å². The molecule has 138 valence electrons. The summed E-state index contributed by atoms with van der Waals surface area (Å²) < 4.78 is 5.04. The summed E-state index contributed by atoms with van der Waals surface area (Å²) >= 11 is 12.0. The number of benzene rings is 1. The lowest BCUT2D eigenvalue weighted by Gasteiger charge is -2.34. The van der Waals surface area contributed by atoms with Crippen LogP contribution in [0.2, 0.25) is 10.0 Å². The summed E-state index contributed by atoms with van der Waals surface area (Å²) in [5, 5.41) is 4.17. The molecule has 1 aliphatic heterocycles. The van der Waals surface area contributed by atoms with Gasteiger partial charge in [0.2, 0.25) is 5.95 Å². The molecule has 7 nitrogen and oxygen atoms in total. The molecule has 1 aliphatic rings. The fourth-order valence-corrected chi connectivity index (χ4v) is 3.20. The predicted octanol–water partition coefficient (Wildman–Crippen LogP) is 3.81. The molecule has 3 rings (SSSR count). The van der Waals surface area contributed by atoms with Crippen LogP contribution in [0.4, 0.5) is 22.2 Å². The topological polar surface area (TPSA) is 70.6 Å². The number of nitrogens with one attached hydrogen (secondary N) is 1. The van der Waals surface area contributed by atoms with Crippen molar-refractivity contribution in [2.24, 2.45) is 0 Å². The van der Waals surface area contributed by atoms with Crippen molar-refractivity contribution < 1.29 is 9.53 Å². The van der Waals surface area contributed by atoms with Crippen LogP contribution in [-0.4, -0.2) is 53.7 Å². The van der Waals surface area contributed by atoms with Crippen LogP contribution in [-0.2, 0) is 4.74 Å². The average Bonchev–Trinajstić information content (AvgIpc) is 2.61. The van der Waals surface area contributed by atoms with Gasteiger partial charge in [0.1, 0.15) is 5.82 Å². The second kappa shape index (κ2) is 8.42. The van der Waals surface area contributed by atoms with Crippen LogP contribution in [0, 0.1) is 0 Å². The Kier molecular flexibility index (Phi) is 6.00. The van der Waals surface area contributed by atoms with E-state index in [2.05, 4.69) is 20.2 Å². The van der Waals surface area contributed by atoms with Gasteiger partial charge < -0.3 is 19.9 Å². The Balaban J connectivity index is 1.65. The first-order valence-electron chi connectivity index (χ1n) is 8.28. The number of piperazine rings is 1. The number of halogens is 2. The molecule has 0 spiro atoms. The standard InChI is InChI=1S/C17H19Cl2N5O2/c1-2-26-17(25)24-7-5-23(6-8-24)15-3-4-20-16(22-15)21-14-10-12(18)9-13(19)11-14/h3-4,9-11H,2,5-8H2,1H3,(H,20,21,22). The Morgan fingerprint density at radius 3 is 2.54 bits per heavy atom. The van der Waals surface area contributed by atoms with Crippen LogP contribution in [0.3, 0.4) is 0 Å². The van der Waals surface area contributed by atoms with Crippen LogP contribution >= 0.6 is 23.2 Å². The van der Waals surface area contributed by atoms with Crippen molar-refractivity contribution in [1.29, 1.82) is 0 Å². The number of hydrogen-bond acceptors (Lipinski definition) is 6. The molecule has 1 saturated heterocycles. The highest BCUT2D eigenvalue weighted by Crippen LogP contribution is 2.25. The van der Waals surface area contributed by atoms with Crippen molar-refractivity contribution >= 4 is 46.7 Å². The lowest BCUT2D eigenvalue weighted by atomic mass is 10.3. The summed E-state index contributed by atoms with van der Waals surface area (Å²) in [6, 6.07) is 7.01. The number of rotatable bonds is 4. The second-order valence-corrected chi connectivity index (χ2v) is 6.57. The third kappa shape index (κ3) is 4.68. The van der Waals surface area contributed by atoms with Crippen LogP contribution in [0.1, 0.15) is 6.92 Å². The normalized spacial score (nSPS) is 14.3. The number of ether oxygens (including phenoxy) is 1. The van der Waals surface area contributed by atoms with E-state index in [1.807, 2.05) is 6.07 Å². The van der Waals surface area contributed by atoms with Gasteiger partial charge in [0.25, 0.3) is 0 Å². The lowest BCUT2D eigenvalue weighted by Crippen LogP contribution is -2.49. The van der Waals surface area contributed by atoms with Crippen molar-refractivity contribution in [1.82, 2.24) is 14.9 Å². The van der Waals surface area contributed by atoms with Gasteiger partial charge in [0, 0.05) is 48.1 Å². The number of anilines is 3. The Hall–Kier alpha value is -2.25. The number of hydrogen-bond donors (Lipinski definition) is 1. The molecule has 1 amide bonds. The maximum Gasteiger partial charge on any atom is 0.409 e. The molecular formula is C17H19Cl2N5O2. The van der Waals surface area contributed by atoms with E-state index < -0.39 is 0 Å². The van der Waals surface area contributed by atoms with Crippen molar-refractivity contribution in [2.45, 2.75) is 6.92 Å². The first kappa shape index (κ1) is 18.5. The molecular weight excluding hydrogens is 377 g/mol. The van der Waals surface area contributed by atoms with E-state index in [9.17, 15) is 4.79 Å². The lowest BCUT2D eigenvalue weighted by molar-refractivity contribution is 0.105. The zero-order valence-corrected chi connectivity index (χ0v) is 15.8. The van der Waals surface area contributed by atoms with Gasteiger partial charge in [-0.3, -0.25) is 0 Å². The van der Waals surface area contributed by atoms with E-state index in [-0.39, 0.29) is 6.09 Å². The zero-order chi connectivity index (χ0) is 18.5. The molecule has 1 aromatic heterocycles. The molecule has 0 radical (unpaired) electrons. The summed E-state index contributed by atoms with van der Waals surface area (Å²) in [6.07, 6.45) is 1.42. The maximum atomic E-state index is 11.8. The van der Waals surface area contributed by atoms with E-state index in [1.54, 1.807) is 36.2 Å². The molecule has 1 N–H and O–H groups in total. The van der Waals surface area contributed by atoms with Gasteiger partial charge in [0.05, 0.1) is 6.61 Å². The Morgan fingerprint density at radius 2 is 1.88 bits per heavy atom. The SMILES string of the molecule is CCOC(=O)N1CCN(c2ccnc(Nc3cc(Cl)cc(Cl)c3)n2)CC1. The zero-order valence-electron chi connectivity index (χ0n) is 14.3. The summed E-state index contributed by atoms with van der Waals surface area (Å²) in [5.41, 5.74) is 0.715. The molecule has 0 saturated carbocycles. The second-order valence-electron chi connectivity index (χ2n) is 5.69. The molecule has 2 heterocycles. The highest BCUT2D eigenvalue weighted by Gasteiger charge is 2.22. The molecule has 1 aromatic carbocycles. The van der Waals surface area contributed by atoms with Crippen molar-refractivity contribution in [3.63, 3.8) is 0 Å². The predicted molar refractivity (Wildman–Crippen MR) is 103 cm³/mol. The van der Waals surface area contributed by atoms with Crippen molar-refractivity contribution in [2.75, 3.05) is 43.0 Å². The molecule has 0 unspecified atom stereocenters. The highest BCUT2D eigenvalue weighted by atomic mass is 35.5. The Morgan fingerprint density at radius 1 is 1.19 bits per heavy atom. The molecule has 2 aromatic rings. The summed E-state index contributed by atoms with van der Waals surface area (Å²) in [6.45, 7) is 4.73. The number of carbonyl (C=O) groups excluding carboxylic acids is 1. The van der Waals surface area contributed by atoms with Gasteiger partial charge >= 0.3 is 6.09 Å². The Labute approximate surface area is 161 Å². The van der Waals surface area contributed by atoms with E-state index in [0.717, 1.165) is 5.82 Å². The molecule has 0 atom stereocenters. The largest absolute Gasteiger partial charge is 0.450 e. The monoisotopic (exact) mass is 395 g/mol. The van der Waals surface area contributed by atoms with Gasteiger partial charge in [-0.1, -0.05) is 23.2 Å². The maximum absolute atomic E-state index is 11.8. The van der Waals surface area contributed by atoms with Gasteiger partial charge in [-0.2, -0.15) is 4.98 Å². The number of carbonyl (C=O) groups is 1. The molecule has 0 aliphatic carbocycles. The minimum Gasteiger partial charge on any atom is -0.450 e. The highest BCUT2D eigenvalue weighted by molar-refractivity contribution is 6.35. The van der Waals surface area contributed by atoms with Gasteiger partial charge in [-0.25, -0.2) is 9.78 Å². The number of aromatic nitrogens is 2. The van der Waals surface area contributed by atoms with Gasteiger partial charge in [-0.15, -0.1) is 0 Å². The minimum atomic E-state index is -0.268. The summed E-state index contributed by atoms with van der Waals surface area (Å²) in [4.78, 5) is 24.4. The first-order chi connectivity index (χ1) is 12.5. The fraction of sp³-hybridized carbons (Fsp3) is 0.353. The van der Waals surface area contributed by atoms with E-state index in [0.29, 0.717) is 54.5 Å². The Bertz CT molecular complexity index is 761. The van der Waals surface area contributed by atoms with Crippen LogP contribution in [0.15, 0.2) is 30.5 Å². The summed E-state index contributed by atoms with van der Waals surface area (Å²) in [5.74, 6) is 1.24. The smallest absolute Gasteiger partial charge is 0.409 e. The van der Waals surface area contributed by atoms with E-state index in [4.69, 9.17) is 27.9 Å². The van der Waals surface area contributed by atoms with Gasteiger partial charge in [0.15, 0.2) is 0 Å². The third-order valence-electron chi connectivity index (χ3n) is 3.89. The first-order valence-corrected chi connectivity index (χ1v) is 9.03. The third-order valence-corrected chi connectivity index (χ3v) is 4.33. The van der Waals surface area contributed by atoms with E-state index >= 15 is 0 Å².